The molecule has 7 heteroatoms. The van der Waals surface area contributed by atoms with Crippen molar-refractivity contribution in [2.45, 2.75) is 13.0 Å². The molecule has 1 N–H and O–H groups in total. The maximum atomic E-state index is 11.2. The molecule has 1 atom stereocenters. The van der Waals surface area contributed by atoms with Gasteiger partial charge in [-0.05, 0) is 19.1 Å². The van der Waals surface area contributed by atoms with Crippen LogP contribution < -0.4 is 9.62 Å². The molecule has 0 saturated carbocycles. The Balaban J connectivity index is 1.80. The standard InChI is InChI=1S/C13H22N4O2S/c1-12(15-20(2,18)19)11-16-7-9-17(10-8-16)13-5-3-4-6-14-13/h3-6,12,15H,7-11H2,1-2H3. The SMILES string of the molecule is CC(CN1CCN(c2ccccn2)CC1)NS(C)(=O)=O. The van der Waals surface area contributed by atoms with E-state index in [2.05, 4.69) is 19.5 Å². The van der Waals surface area contributed by atoms with Gasteiger partial charge >= 0.3 is 0 Å². The molecule has 0 radical (unpaired) electrons. The lowest BCUT2D eigenvalue weighted by atomic mass is 10.2. The van der Waals surface area contributed by atoms with Crippen molar-refractivity contribution in [3.63, 3.8) is 0 Å². The summed E-state index contributed by atoms with van der Waals surface area (Å²) in [6.07, 6.45) is 3.00. The van der Waals surface area contributed by atoms with E-state index in [1.54, 1.807) is 6.20 Å². The Bertz CT molecular complexity index is 512. The third-order valence-electron chi connectivity index (χ3n) is 3.29. The first kappa shape index (κ1) is 15.2. The Labute approximate surface area is 120 Å². The molecule has 0 aliphatic carbocycles. The van der Waals surface area contributed by atoms with Gasteiger partial charge in [0, 0.05) is 45.0 Å². The first-order chi connectivity index (χ1) is 9.44. The van der Waals surface area contributed by atoms with Gasteiger partial charge in [0.15, 0.2) is 0 Å². The van der Waals surface area contributed by atoms with Crippen molar-refractivity contribution in [3.05, 3.63) is 24.4 Å². The first-order valence-corrected chi connectivity index (χ1v) is 8.69. The van der Waals surface area contributed by atoms with Gasteiger partial charge in [0.25, 0.3) is 0 Å². The predicted octanol–water partition coefficient (Wildman–Crippen LogP) is 0.141. The van der Waals surface area contributed by atoms with Crippen molar-refractivity contribution in [2.75, 3.05) is 43.9 Å². The number of aromatic nitrogens is 1. The molecular weight excluding hydrogens is 276 g/mol. The van der Waals surface area contributed by atoms with E-state index in [1.807, 2.05) is 25.1 Å². The number of nitrogens with one attached hydrogen (secondary N) is 1. The van der Waals surface area contributed by atoms with Crippen LogP contribution >= 0.6 is 0 Å². The number of pyridine rings is 1. The van der Waals surface area contributed by atoms with E-state index in [-0.39, 0.29) is 6.04 Å². The second kappa shape index (κ2) is 6.51. The van der Waals surface area contributed by atoms with Crippen molar-refractivity contribution < 1.29 is 8.42 Å². The summed E-state index contributed by atoms with van der Waals surface area (Å²) in [5, 5.41) is 0. The minimum atomic E-state index is -3.12. The maximum Gasteiger partial charge on any atom is 0.208 e. The van der Waals surface area contributed by atoms with Crippen LogP contribution in [-0.4, -0.2) is 63.3 Å². The fraction of sp³-hybridized carbons (Fsp3) is 0.615. The molecule has 1 saturated heterocycles. The number of anilines is 1. The molecular formula is C13H22N4O2S. The van der Waals surface area contributed by atoms with Crippen molar-refractivity contribution >= 4 is 15.8 Å². The summed E-state index contributed by atoms with van der Waals surface area (Å²) < 4.78 is 25.0. The normalized spacial score (nSPS) is 19.0. The maximum absolute atomic E-state index is 11.2. The minimum Gasteiger partial charge on any atom is -0.354 e. The molecule has 1 aromatic rings. The van der Waals surface area contributed by atoms with Gasteiger partial charge in [-0.1, -0.05) is 6.07 Å². The van der Waals surface area contributed by atoms with Gasteiger partial charge in [0.1, 0.15) is 5.82 Å². The van der Waals surface area contributed by atoms with E-state index in [0.717, 1.165) is 38.5 Å². The zero-order valence-electron chi connectivity index (χ0n) is 12.0. The van der Waals surface area contributed by atoms with Gasteiger partial charge in [0.05, 0.1) is 6.26 Å². The van der Waals surface area contributed by atoms with Gasteiger partial charge in [0.2, 0.25) is 10.0 Å². The number of piperazine rings is 1. The van der Waals surface area contributed by atoms with Crippen molar-refractivity contribution in [2.24, 2.45) is 0 Å². The van der Waals surface area contributed by atoms with E-state index >= 15 is 0 Å². The fourth-order valence-electron chi connectivity index (χ4n) is 2.49. The highest BCUT2D eigenvalue weighted by molar-refractivity contribution is 7.88. The molecule has 1 aromatic heterocycles. The Morgan fingerprint density at radius 1 is 1.30 bits per heavy atom. The van der Waals surface area contributed by atoms with E-state index in [4.69, 9.17) is 0 Å². The predicted molar refractivity (Wildman–Crippen MR) is 80.3 cm³/mol. The highest BCUT2D eigenvalue weighted by atomic mass is 32.2. The molecule has 2 heterocycles. The van der Waals surface area contributed by atoms with Crippen LogP contribution in [0, 0.1) is 0 Å². The lowest BCUT2D eigenvalue weighted by Gasteiger charge is -2.36. The third kappa shape index (κ3) is 4.73. The second-order valence-electron chi connectivity index (χ2n) is 5.27. The second-order valence-corrected chi connectivity index (χ2v) is 7.05. The molecule has 112 valence electrons. The quantitative estimate of drug-likeness (QED) is 0.838. The molecule has 0 aromatic carbocycles. The van der Waals surface area contributed by atoms with Gasteiger partial charge in [-0.15, -0.1) is 0 Å². The van der Waals surface area contributed by atoms with Gasteiger partial charge in [-0.3, -0.25) is 4.90 Å². The Kier molecular flexibility index (Phi) is 4.95. The summed E-state index contributed by atoms with van der Waals surface area (Å²) in [7, 11) is -3.12. The average Bonchev–Trinajstić information content (AvgIpc) is 2.38. The van der Waals surface area contributed by atoms with Crippen molar-refractivity contribution in [3.8, 4) is 0 Å². The monoisotopic (exact) mass is 298 g/mol. The van der Waals surface area contributed by atoms with Crippen LogP contribution in [0.5, 0.6) is 0 Å². The van der Waals surface area contributed by atoms with Crippen LogP contribution in [0.2, 0.25) is 0 Å². The van der Waals surface area contributed by atoms with Crippen molar-refractivity contribution in [1.29, 1.82) is 0 Å². The molecule has 1 fully saturated rings. The van der Waals surface area contributed by atoms with Gasteiger partial charge < -0.3 is 4.90 Å². The summed E-state index contributed by atoms with van der Waals surface area (Å²) in [5.74, 6) is 1.01. The summed E-state index contributed by atoms with van der Waals surface area (Å²) in [5.41, 5.74) is 0. The zero-order valence-corrected chi connectivity index (χ0v) is 12.8. The molecule has 0 bridgehead atoms. The van der Waals surface area contributed by atoms with Crippen molar-refractivity contribution in [1.82, 2.24) is 14.6 Å². The smallest absolute Gasteiger partial charge is 0.208 e. The fourth-order valence-corrected chi connectivity index (χ4v) is 3.30. The lowest BCUT2D eigenvalue weighted by Crippen LogP contribution is -2.50. The van der Waals surface area contributed by atoms with E-state index in [1.165, 1.54) is 6.26 Å². The molecule has 2 rings (SSSR count). The Morgan fingerprint density at radius 2 is 2.00 bits per heavy atom. The molecule has 6 nitrogen and oxygen atoms in total. The zero-order chi connectivity index (χ0) is 14.6. The largest absolute Gasteiger partial charge is 0.354 e. The van der Waals surface area contributed by atoms with Crippen LogP contribution in [0.4, 0.5) is 5.82 Å². The summed E-state index contributed by atoms with van der Waals surface area (Å²) in [4.78, 5) is 8.89. The topological polar surface area (TPSA) is 65.5 Å². The highest BCUT2D eigenvalue weighted by Crippen LogP contribution is 2.12. The Hall–Kier alpha value is -1.18. The van der Waals surface area contributed by atoms with Crippen LogP contribution in [0.1, 0.15) is 6.92 Å². The summed E-state index contributed by atoms with van der Waals surface area (Å²) in [6.45, 7) is 6.32. The molecule has 0 amide bonds. The third-order valence-corrected chi connectivity index (χ3v) is 4.12. The molecule has 1 aliphatic rings. The summed E-state index contributed by atoms with van der Waals surface area (Å²) in [6, 6.07) is 5.86. The Morgan fingerprint density at radius 3 is 2.55 bits per heavy atom. The number of hydrogen-bond donors (Lipinski definition) is 1. The van der Waals surface area contributed by atoms with E-state index in [9.17, 15) is 8.42 Å². The van der Waals surface area contributed by atoms with Crippen LogP contribution in [-0.2, 0) is 10.0 Å². The van der Waals surface area contributed by atoms with Crippen LogP contribution in [0.15, 0.2) is 24.4 Å². The molecule has 1 unspecified atom stereocenters. The first-order valence-electron chi connectivity index (χ1n) is 6.80. The van der Waals surface area contributed by atoms with Crippen LogP contribution in [0.3, 0.4) is 0 Å². The minimum absolute atomic E-state index is 0.0635. The average molecular weight is 298 g/mol. The van der Waals surface area contributed by atoms with Crippen LogP contribution in [0.25, 0.3) is 0 Å². The highest BCUT2D eigenvalue weighted by Gasteiger charge is 2.20. The number of sulfonamides is 1. The molecule has 0 spiro atoms. The summed E-state index contributed by atoms with van der Waals surface area (Å²) >= 11 is 0. The number of hydrogen-bond acceptors (Lipinski definition) is 5. The number of nitrogens with zero attached hydrogens (tertiary/aromatic N) is 3. The van der Waals surface area contributed by atoms with E-state index in [0.29, 0.717) is 0 Å². The molecule has 20 heavy (non-hydrogen) atoms. The number of rotatable bonds is 5. The van der Waals surface area contributed by atoms with Gasteiger partial charge in [-0.2, -0.15) is 0 Å². The lowest BCUT2D eigenvalue weighted by molar-refractivity contribution is 0.241. The van der Waals surface area contributed by atoms with Gasteiger partial charge in [-0.25, -0.2) is 18.1 Å². The van der Waals surface area contributed by atoms with E-state index < -0.39 is 10.0 Å². The molecule has 1 aliphatic heterocycles.